The average molecular weight is 450 g/mol. The highest BCUT2D eigenvalue weighted by atomic mass is 32.1. The molecule has 0 saturated heterocycles. The molecule has 1 aliphatic heterocycles. The Balaban J connectivity index is 1.53. The average Bonchev–Trinajstić information content (AvgIpc) is 3.27. The van der Waals surface area contributed by atoms with Crippen molar-refractivity contribution in [2.75, 3.05) is 0 Å². The van der Waals surface area contributed by atoms with Crippen LogP contribution >= 0.6 is 11.3 Å². The smallest absolute Gasteiger partial charge is 0.271 e. The largest absolute Gasteiger partial charge is 0.351 e. The molecule has 32 heavy (non-hydrogen) atoms. The van der Waals surface area contributed by atoms with Gasteiger partial charge in [0.2, 0.25) is 5.91 Å². The van der Waals surface area contributed by atoms with Crippen LogP contribution < -0.4 is 5.32 Å². The number of amides is 2. The maximum Gasteiger partial charge on any atom is 0.271 e. The van der Waals surface area contributed by atoms with Crippen molar-refractivity contribution < 1.29 is 9.59 Å². The summed E-state index contributed by atoms with van der Waals surface area (Å²) in [5, 5.41) is 5.39. The molecular weight excluding hydrogens is 418 g/mol. The number of thiophene rings is 1. The number of hydrogen-bond donors (Lipinski definition) is 1. The van der Waals surface area contributed by atoms with Crippen LogP contribution in [0.15, 0.2) is 41.8 Å². The van der Waals surface area contributed by atoms with Crippen molar-refractivity contribution in [2.24, 2.45) is 0 Å². The number of fused-ring (bicyclic) bond motifs is 3. The van der Waals surface area contributed by atoms with Crippen molar-refractivity contribution in [1.82, 2.24) is 14.8 Å². The number of carbonyl (C=O) groups is 2. The summed E-state index contributed by atoms with van der Waals surface area (Å²) in [6.45, 7) is 4.90. The van der Waals surface area contributed by atoms with Gasteiger partial charge in [0.1, 0.15) is 11.2 Å². The molecule has 1 atom stereocenters. The Bertz CT molecular complexity index is 1150. The molecular formula is C26H31N3O2S. The van der Waals surface area contributed by atoms with Crippen LogP contribution in [0.5, 0.6) is 0 Å². The second-order valence-electron chi connectivity index (χ2n) is 9.54. The Labute approximate surface area is 193 Å². The van der Waals surface area contributed by atoms with Gasteiger partial charge in [-0.05, 0) is 55.3 Å². The summed E-state index contributed by atoms with van der Waals surface area (Å²) in [5.41, 5.74) is 2.99. The van der Waals surface area contributed by atoms with Gasteiger partial charge in [-0.3, -0.25) is 9.59 Å². The van der Waals surface area contributed by atoms with E-state index in [9.17, 15) is 9.59 Å². The molecule has 1 aromatic carbocycles. The third-order valence-electron chi connectivity index (χ3n) is 7.32. The van der Waals surface area contributed by atoms with Gasteiger partial charge in [0.05, 0.1) is 16.8 Å². The van der Waals surface area contributed by atoms with Crippen LogP contribution in [0.4, 0.5) is 0 Å². The molecule has 5 rings (SSSR count). The highest BCUT2D eigenvalue weighted by Gasteiger charge is 2.48. The van der Waals surface area contributed by atoms with Gasteiger partial charge in [-0.1, -0.05) is 49.9 Å². The molecule has 3 heterocycles. The maximum absolute atomic E-state index is 13.8. The van der Waals surface area contributed by atoms with E-state index in [1.165, 1.54) is 12.8 Å². The monoisotopic (exact) mass is 449 g/mol. The molecule has 2 aliphatic rings. The lowest BCUT2D eigenvalue weighted by Crippen LogP contribution is -2.64. The van der Waals surface area contributed by atoms with Gasteiger partial charge in [-0.2, -0.15) is 0 Å². The number of nitrogens with one attached hydrogen (secondary N) is 1. The number of nitrogens with zero attached hydrogens (tertiary/aromatic N) is 2. The molecule has 2 amide bonds. The van der Waals surface area contributed by atoms with Crippen LogP contribution in [-0.2, 0) is 17.9 Å². The first-order chi connectivity index (χ1) is 15.5. The summed E-state index contributed by atoms with van der Waals surface area (Å²) in [6.07, 6.45) is 6.85. The van der Waals surface area contributed by atoms with E-state index < -0.39 is 5.54 Å². The molecule has 1 fully saturated rings. The Morgan fingerprint density at radius 1 is 1.16 bits per heavy atom. The maximum atomic E-state index is 13.8. The Hall–Kier alpha value is -2.60. The number of rotatable bonds is 4. The van der Waals surface area contributed by atoms with E-state index in [0.717, 1.165) is 47.0 Å². The van der Waals surface area contributed by atoms with Gasteiger partial charge >= 0.3 is 0 Å². The molecule has 1 N–H and O–H groups in total. The van der Waals surface area contributed by atoms with Crippen molar-refractivity contribution in [3.05, 3.63) is 58.6 Å². The fraction of sp³-hybridized carbons (Fsp3) is 0.462. The van der Waals surface area contributed by atoms with Crippen LogP contribution in [0.1, 0.15) is 67.1 Å². The first-order valence-corrected chi connectivity index (χ1v) is 12.6. The number of aromatic nitrogens is 1. The molecule has 5 nitrogen and oxygen atoms in total. The highest BCUT2D eigenvalue weighted by Crippen LogP contribution is 2.35. The number of aryl methyl sites for hydroxylation is 1. The zero-order valence-electron chi connectivity index (χ0n) is 18.9. The molecule has 1 aliphatic carbocycles. The van der Waals surface area contributed by atoms with E-state index in [1.807, 2.05) is 30.5 Å². The highest BCUT2D eigenvalue weighted by molar-refractivity contribution is 7.17. The van der Waals surface area contributed by atoms with E-state index in [0.29, 0.717) is 18.8 Å². The SMILES string of the molecule is Cc1ccccc1CN1C(=O)c2cc3sccc3n2CC1(C)C(=O)NC1CCCCCC1. The van der Waals surface area contributed by atoms with Crippen molar-refractivity contribution in [2.45, 2.75) is 77.0 Å². The van der Waals surface area contributed by atoms with E-state index in [-0.39, 0.29) is 17.9 Å². The predicted molar refractivity (Wildman–Crippen MR) is 129 cm³/mol. The van der Waals surface area contributed by atoms with Crippen molar-refractivity contribution in [3.8, 4) is 0 Å². The van der Waals surface area contributed by atoms with Crippen molar-refractivity contribution >= 4 is 33.4 Å². The van der Waals surface area contributed by atoms with E-state index in [4.69, 9.17) is 0 Å². The summed E-state index contributed by atoms with van der Waals surface area (Å²) in [7, 11) is 0. The minimum atomic E-state index is -0.952. The van der Waals surface area contributed by atoms with Gasteiger partial charge in [-0.25, -0.2) is 0 Å². The van der Waals surface area contributed by atoms with Gasteiger partial charge in [0.25, 0.3) is 5.91 Å². The van der Waals surface area contributed by atoms with Crippen molar-refractivity contribution in [3.63, 3.8) is 0 Å². The molecule has 168 valence electrons. The van der Waals surface area contributed by atoms with Crippen LogP contribution in [-0.4, -0.2) is 32.9 Å². The number of benzene rings is 1. The summed E-state index contributed by atoms with van der Waals surface area (Å²) in [5.74, 6) is -0.101. The summed E-state index contributed by atoms with van der Waals surface area (Å²) in [6, 6.07) is 12.4. The lowest BCUT2D eigenvalue weighted by atomic mass is 9.92. The summed E-state index contributed by atoms with van der Waals surface area (Å²) < 4.78 is 3.15. The number of carbonyl (C=O) groups excluding carboxylic acids is 2. The third-order valence-corrected chi connectivity index (χ3v) is 8.17. The minimum Gasteiger partial charge on any atom is -0.351 e. The lowest BCUT2D eigenvalue weighted by Gasteiger charge is -2.44. The molecule has 3 aromatic rings. The molecule has 0 bridgehead atoms. The van der Waals surface area contributed by atoms with E-state index in [1.54, 1.807) is 16.2 Å². The molecule has 0 spiro atoms. The first kappa shape index (κ1) is 21.3. The molecule has 1 unspecified atom stereocenters. The van der Waals surface area contributed by atoms with Gasteiger partial charge in [0.15, 0.2) is 0 Å². The van der Waals surface area contributed by atoms with Crippen LogP contribution in [0, 0.1) is 6.92 Å². The van der Waals surface area contributed by atoms with Gasteiger partial charge in [0, 0.05) is 12.6 Å². The van der Waals surface area contributed by atoms with Crippen LogP contribution in [0.2, 0.25) is 0 Å². The zero-order chi connectivity index (χ0) is 22.3. The molecule has 1 saturated carbocycles. The molecule has 2 aromatic heterocycles. The second kappa shape index (κ2) is 8.39. The predicted octanol–water partition coefficient (Wildman–Crippen LogP) is 5.26. The van der Waals surface area contributed by atoms with E-state index in [2.05, 4.69) is 35.0 Å². The summed E-state index contributed by atoms with van der Waals surface area (Å²) >= 11 is 1.64. The third kappa shape index (κ3) is 3.64. The van der Waals surface area contributed by atoms with Gasteiger partial charge < -0.3 is 14.8 Å². The number of hydrogen-bond acceptors (Lipinski definition) is 3. The standard InChI is InChI=1S/C26H31N3O2S/c1-18-9-7-8-10-19(18)16-29-24(30)22-15-23-21(13-14-32-23)28(22)17-26(29,2)25(31)27-20-11-5-3-4-6-12-20/h7-10,13-15,20H,3-6,11-12,16-17H2,1-2H3,(H,27,31). The Morgan fingerprint density at radius 3 is 2.66 bits per heavy atom. The fourth-order valence-corrected chi connectivity index (χ4v) is 6.07. The lowest BCUT2D eigenvalue weighted by molar-refractivity contribution is -0.134. The van der Waals surface area contributed by atoms with Gasteiger partial charge in [-0.15, -0.1) is 11.3 Å². The van der Waals surface area contributed by atoms with Crippen LogP contribution in [0.3, 0.4) is 0 Å². The first-order valence-electron chi connectivity index (χ1n) is 11.7. The fourth-order valence-electron chi connectivity index (χ4n) is 5.24. The minimum absolute atomic E-state index is 0.0333. The Kier molecular flexibility index (Phi) is 5.58. The quantitative estimate of drug-likeness (QED) is 0.552. The normalized spacial score (nSPS) is 22.1. The zero-order valence-corrected chi connectivity index (χ0v) is 19.7. The molecule has 6 heteroatoms. The van der Waals surface area contributed by atoms with Crippen LogP contribution in [0.25, 0.3) is 10.2 Å². The second-order valence-corrected chi connectivity index (χ2v) is 10.5. The topological polar surface area (TPSA) is 54.3 Å². The summed E-state index contributed by atoms with van der Waals surface area (Å²) in [4.78, 5) is 29.4. The Morgan fingerprint density at radius 2 is 1.91 bits per heavy atom. The van der Waals surface area contributed by atoms with Crippen molar-refractivity contribution in [1.29, 1.82) is 0 Å². The molecule has 0 radical (unpaired) electrons. The van der Waals surface area contributed by atoms with E-state index >= 15 is 0 Å².